The molecular formula is C20H19BrFN3OS. The zero-order valence-electron chi connectivity index (χ0n) is 14.9. The van der Waals surface area contributed by atoms with E-state index in [2.05, 4.69) is 15.9 Å². The minimum absolute atomic E-state index is 0.0681. The Hall–Kier alpha value is -2.04. The van der Waals surface area contributed by atoms with Crippen molar-refractivity contribution in [3.63, 3.8) is 0 Å². The number of thioether (sulfide) groups is 1. The lowest BCUT2D eigenvalue weighted by Crippen LogP contribution is -2.49. The molecule has 0 atom stereocenters. The lowest BCUT2D eigenvalue weighted by molar-refractivity contribution is -0.128. The number of benzene rings is 2. The SMILES string of the molecule is Cc1cc(Br)ccc1SCC(=O)N1CCN(c2cccc(F)c2C#N)CC1. The molecular weight excluding hydrogens is 429 g/mol. The Balaban J connectivity index is 1.57. The van der Waals surface area contributed by atoms with Crippen LogP contribution in [-0.4, -0.2) is 42.7 Å². The molecule has 0 radical (unpaired) electrons. The van der Waals surface area contributed by atoms with Crippen LogP contribution in [0.1, 0.15) is 11.1 Å². The van der Waals surface area contributed by atoms with E-state index in [1.54, 1.807) is 23.9 Å². The number of carbonyl (C=O) groups excluding carboxylic acids is 1. The van der Waals surface area contributed by atoms with E-state index >= 15 is 0 Å². The van der Waals surface area contributed by atoms with Crippen LogP contribution in [0.5, 0.6) is 0 Å². The number of hydrogen-bond acceptors (Lipinski definition) is 4. The second kappa shape index (κ2) is 8.77. The van der Waals surface area contributed by atoms with Crippen LogP contribution < -0.4 is 4.90 Å². The van der Waals surface area contributed by atoms with E-state index in [1.165, 1.54) is 6.07 Å². The molecule has 140 valence electrons. The molecule has 7 heteroatoms. The van der Waals surface area contributed by atoms with Crippen LogP contribution in [0.25, 0.3) is 0 Å². The molecule has 1 aliphatic rings. The van der Waals surface area contributed by atoms with Crippen molar-refractivity contribution in [2.45, 2.75) is 11.8 Å². The molecule has 1 amide bonds. The Morgan fingerprint density at radius 2 is 2.00 bits per heavy atom. The number of halogens is 2. The summed E-state index contributed by atoms with van der Waals surface area (Å²) in [6.45, 7) is 4.35. The molecule has 0 bridgehead atoms. The topological polar surface area (TPSA) is 47.3 Å². The summed E-state index contributed by atoms with van der Waals surface area (Å²) >= 11 is 4.99. The first kappa shape index (κ1) is 19.7. The number of amides is 1. The van der Waals surface area contributed by atoms with Crippen molar-refractivity contribution < 1.29 is 9.18 Å². The zero-order chi connectivity index (χ0) is 19.4. The standard InChI is InChI=1S/C20H19BrFN3OS/c1-14-11-15(21)5-6-19(14)27-13-20(26)25-9-7-24(8-10-25)18-4-2-3-17(22)16(18)12-23/h2-6,11H,7-10,13H2,1H3. The molecule has 1 aliphatic heterocycles. The maximum atomic E-state index is 13.8. The first-order chi connectivity index (χ1) is 13.0. The van der Waals surface area contributed by atoms with Crippen molar-refractivity contribution in [1.29, 1.82) is 5.26 Å². The van der Waals surface area contributed by atoms with Gasteiger partial charge in [0.15, 0.2) is 0 Å². The minimum atomic E-state index is -0.505. The van der Waals surface area contributed by atoms with Gasteiger partial charge in [-0.25, -0.2) is 4.39 Å². The van der Waals surface area contributed by atoms with E-state index < -0.39 is 5.82 Å². The molecule has 0 N–H and O–H groups in total. The first-order valence-electron chi connectivity index (χ1n) is 8.60. The molecule has 0 aliphatic carbocycles. The van der Waals surface area contributed by atoms with Crippen LogP contribution in [0.3, 0.4) is 0 Å². The van der Waals surface area contributed by atoms with Gasteiger partial charge in [-0.2, -0.15) is 5.26 Å². The van der Waals surface area contributed by atoms with Gasteiger partial charge in [-0.15, -0.1) is 11.8 Å². The van der Waals surface area contributed by atoms with Crippen molar-refractivity contribution in [1.82, 2.24) is 4.90 Å². The number of piperazine rings is 1. The van der Waals surface area contributed by atoms with Crippen molar-refractivity contribution in [2.75, 3.05) is 36.8 Å². The molecule has 0 saturated carbocycles. The van der Waals surface area contributed by atoms with Crippen LogP contribution in [0.15, 0.2) is 45.8 Å². The van der Waals surface area contributed by atoms with Gasteiger partial charge < -0.3 is 9.80 Å². The molecule has 4 nitrogen and oxygen atoms in total. The normalized spacial score (nSPS) is 14.1. The highest BCUT2D eigenvalue weighted by Crippen LogP contribution is 2.27. The Morgan fingerprint density at radius 3 is 2.67 bits per heavy atom. The fraction of sp³-hybridized carbons (Fsp3) is 0.300. The maximum absolute atomic E-state index is 13.8. The summed E-state index contributed by atoms with van der Waals surface area (Å²) in [5.41, 5.74) is 1.81. The Labute approximate surface area is 171 Å². The van der Waals surface area contributed by atoms with Gasteiger partial charge in [0.1, 0.15) is 17.4 Å². The van der Waals surface area contributed by atoms with Crippen LogP contribution in [0.4, 0.5) is 10.1 Å². The number of nitrogens with zero attached hydrogens (tertiary/aromatic N) is 3. The summed E-state index contributed by atoms with van der Waals surface area (Å²) in [6.07, 6.45) is 0. The molecule has 3 rings (SSSR count). The molecule has 1 fully saturated rings. The predicted octanol–water partition coefficient (Wildman–Crippen LogP) is 4.21. The molecule has 27 heavy (non-hydrogen) atoms. The quantitative estimate of drug-likeness (QED) is 0.658. The molecule has 1 saturated heterocycles. The summed E-state index contributed by atoms with van der Waals surface area (Å²) < 4.78 is 14.8. The minimum Gasteiger partial charge on any atom is -0.367 e. The summed E-state index contributed by atoms with van der Waals surface area (Å²) in [5, 5.41) is 9.20. The Kier molecular flexibility index (Phi) is 6.40. The summed E-state index contributed by atoms with van der Waals surface area (Å²) in [4.78, 5) is 17.4. The number of anilines is 1. The number of rotatable bonds is 4. The van der Waals surface area contributed by atoms with Crippen LogP contribution in [0.2, 0.25) is 0 Å². The highest BCUT2D eigenvalue weighted by molar-refractivity contribution is 9.10. The largest absolute Gasteiger partial charge is 0.367 e. The van der Waals surface area contributed by atoms with Crippen LogP contribution in [0, 0.1) is 24.1 Å². The average Bonchev–Trinajstić information content (AvgIpc) is 2.67. The Bertz CT molecular complexity index is 891. The van der Waals surface area contributed by atoms with E-state index in [0.717, 1.165) is 14.9 Å². The van der Waals surface area contributed by atoms with Crippen molar-refractivity contribution in [3.05, 3.63) is 57.8 Å². The van der Waals surface area contributed by atoms with Crippen molar-refractivity contribution in [3.8, 4) is 6.07 Å². The van der Waals surface area contributed by atoms with Gasteiger partial charge in [-0.1, -0.05) is 22.0 Å². The number of aryl methyl sites for hydroxylation is 1. The fourth-order valence-corrected chi connectivity index (χ4v) is 4.48. The third kappa shape index (κ3) is 4.63. The van der Waals surface area contributed by atoms with E-state index in [4.69, 9.17) is 0 Å². The average molecular weight is 448 g/mol. The zero-order valence-corrected chi connectivity index (χ0v) is 17.3. The lowest BCUT2D eigenvalue weighted by Gasteiger charge is -2.36. The lowest BCUT2D eigenvalue weighted by atomic mass is 10.1. The van der Waals surface area contributed by atoms with Gasteiger partial charge in [0.05, 0.1) is 11.4 Å². The van der Waals surface area contributed by atoms with E-state index in [9.17, 15) is 14.4 Å². The third-order valence-corrected chi connectivity index (χ3v) is 6.22. The van der Waals surface area contributed by atoms with Gasteiger partial charge in [0, 0.05) is 35.5 Å². The maximum Gasteiger partial charge on any atom is 0.233 e. The van der Waals surface area contributed by atoms with Crippen molar-refractivity contribution in [2.24, 2.45) is 0 Å². The molecule has 2 aromatic rings. The summed E-state index contributed by atoms with van der Waals surface area (Å²) in [5.74, 6) is -0.0113. The van der Waals surface area contributed by atoms with E-state index in [-0.39, 0.29) is 11.5 Å². The summed E-state index contributed by atoms with van der Waals surface area (Å²) in [6, 6.07) is 12.6. The fourth-order valence-electron chi connectivity index (χ4n) is 3.09. The summed E-state index contributed by atoms with van der Waals surface area (Å²) in [7, 11) is 0. The van der Waals surface area contributed by atoms with Gasteiger partial charge in [-0.3, -0.25) is 4.79 Å². The van der Waals surface area contributed by atoms with Gasteiger partial charge in [0.2, 0.25) is 5.91 Å². The highest BCUT2D eigenvalue weighted by atomic mass is 79.9. The molecule has 0 unspecified atom stereocenters. The second-order valence-electron chi connectivity index (χ2n) is 6.31. The van der Waals surface area contributed by atoms with Crippen LogP contribution in [-0.2, 0) is 4.79 Å². The number of hydrogen-bond donors (Lipinski definition) is 0. The third-order valence-electron chi connectivity index (χ3n) is 4.56. The van der Waals surface area contributed by atoms with Gasteiger partial charge in [0.25, 0.3) is 0 Å². The van der Waals surface area contributed by atoms with Crippen LogP contribution >= 0.6 is 27.7 Å². The Morgan fingerprint density at radius 1 is 1.26 bits per heavy atom. The van der Waals surface area contributed by atoms with Gasteiger partial charge >= 0.3 is 0 Å². The smallest absolute Gasteiger partial charge is 0.233 e. The number of nitriles is 1. The van der Waals surface area contributed by atoms with Crippen molar-refractivity contribution >= 4 is 39.3 Å². The van der Waals surface area contributed by atoms with E-state index in [1.807, 2.05) is 41.0 Å². The molecule has 2 aromatic carbocycles. The molecule has 1 heterocycles. The second-order valence-corrected chi connectivity index (χ2v) is 8.24. The highest BCUT2D eigenvalue weighted by Gasteiger charge is 2.23. The molecule has 0 aromatic heterocycles. The predicted molar refractivity (Wildman–Crippen MR) is 110 cm³/mol. The van der Waals surface area contributed by atoms with Gasteiger partial charge in [-0.05, 0) is 42.8 Å². The number of carbonyl (C=O) groups is 1. The molecule has 0 spiro atoms. The monoisotopic (exact) mass is 447 g/mol. The van der Waals surface area contributed by atoms with E-state index in [0.29, 0.717) is 37.6 Å². The first-order valence-corrected chi connectivity index (χ1v) is 10.4.